The number of hydrogen-bond acceptors (Lipinski definition) is 4. The van der Waals surface area contributed by atoms with Crippen molar-refractivity contribution in [1.82, 2.24) is 15.2 Å². The molecule has 2 rings (SSSR count). The van der Waals surface area contributed by atoms with E-state index in [1.807, 2.05) is 11.3 Å². The van der Waals surface area contributed by atoms with Crippen LogP contribution in [0.2, 0.25) is 0 Å². The lowest BCUT2D eigenvalue weighted by Gasteiger charge is -2.42. The number of rotatable bonds is 5. The largest absolute Gasteiger partial charge is 0.311 e. The number of nitrogens with one attached hydrogen (secondary N) is 1. The molecule has 21 heavy (non-hydrogen) atoms. The van der Waals surface area contributed by atoms with Crippen LogP contribution < -0.4 is 5.32 Å². The van der Waals surface area contributed by atoms with Crippen molar-refractivity contribution >= 4 is 11.3 Å². The van der Waals surface area contributed by atoms with Crippen LogP contribution in [0.1, 0.15) is 49.7 Å². The number of hydrogen-bond donors (Lipinski definition) is 1. The molecule has 1 aromatic rings. The third-order valence-corrected chi connectivity index (χ3v) is 5.53. The summed E-state index contributed by atoms with van der Waals surface area (Å²) >= 11 is 1.86. The first-order valence-electron chi connectivity index (χ1n) is 8.27. The van der Waals surface area contributed by atoms with E-state index in [0.29, 0.717) is 18.0 Å². The summed E-state index contributed by atoms with van der Waals surface area (Å²) in [6.45, 7) is 16.9. The van der Waals surface area contributed by atoms with Gasteiger partial charge in [-0.15, -0.1) is 11.3 Å². The van der Waals surface area contributed by atoms with E-state index in [2.05, 4.69) is 51.8 Å². The zero-order valence-corrected chi connectivity index (χ0v) is 15.3. The maximum absolute atomic E-state index is 4.74. The van der Waals surface area contributed by atoms with Gasteiger partial charge in [0.15, 0.2) is 0 Å². The lowest BCUT2D eigenvalue weighted by atomic mass is 9.95. The van der Waals surface area contributed by atoms with Crippen LogP contribution in [0, 0.1) is 25.7 Å². The summed E-state index contributed by atoms with van der Waals surface area (Å²) < 4.78 is 0. The van der Waals surface area contributed by atoms with Gasteiger partial charge < -0.3 is 5.32 Å². The van der Waals surface area contributed by atoms with Gasteiger partial charge >= 0.3 is 0 Å². The van der Waals surface area contributed by atoms with E-state index in [-0.39, 0.29) is 0 Å². The SMILES string of the molecule is Cc1nc(CN2CC(CC(C)C)NCC2C(C)C)sc1C. The van der Waals surface area contributed by atoms with E-state index in [4.69, 9.17) is 4.98 Å². The summed E-state index contributed by atoms with van der Waals surface area (Å²) in [5.41, 5.74) is 1.20. The minimum Gasteiger partial charge on any atom is -0.311 e. The number of thiazole rings is 1. The van der Waals surface area contributed by atoms with Gasteiger partial charge in [0.2, 0.25) is 0 Å². The van der Waals surface area contributed by atoms with E-state index in [1.54, 1.807) is 0 Å². The van der Waals surface area contributed by atoms with Gasteiger partial charge in [-0.2, -0.15) is 0 Å². The Morgan fingerprint density at radius 1 is 1.29 bits per heavy atom. The molecule has 1 aromatic heterocycles. The lowest BCUT2D eigenvalue weighted by molar-refractivity contribution is 0.0851. The van der Waals surface area contributed by atoms with Crippen molar-refractivity contribution in [2.75, 3.05) is 13.1 Å². The summed E-state index contributed by atoms with van der Waals surface area (Å²) in [4.78, 5) is 8.76. The standard InChI is InChI=1S/C17H31N3S/c1-11(2)7-15-9-20(16(8-18-15)12(3)4)10-17-19-13(5)14(6)21-17/h11-12,15-16,18H,7-10H2,1-6H3. The Morgan fingerprint density at radius 2 is 2.00 bits per heavy atom. The fourth-order valence-corrected chi connectivity index (χ4v) is 4.21. The van der Waals surface area contributed by atoms with Crippen LogP contribution in [-0.2, 0) is 6.54 Å². The maximum atomic E-state index is 4.74. The second kappa shape index (κ2) is 7.21. The number of aromatic nitrogens is 1. The average Bonchev–Trinajstić information content (AvgIpc) is 2.67. The second-order valence-electron chi connectivity index (χ2n) is 7.22. The molecule has 1 aliphatic rings. The van der Waals surface area contributed by atoms with Gasteiger partial charge in [0.1, 0.15) is 5.01 Å². The van der Waals surface area contributed by atoms with Crippen LogP contribution in [0.15, 0.2) is 0 Å². The number of nitrogens with zero attached hydrogens (tertiary/aromatic N) is 2. The van der Waals surface area contributed by atoms with Crippen LogP contribution in [0.25, 0.3) is 0 Å². The smallest absolute Gasteiger partial charge is 0.107 e. The molecule has 1 saturated heterocycles. The topological polar surface area (TPSA) is 28.2 Å². The van der Waals surface area contributed by atoms with E-state index >= 15 is 0 Å². The van der Waals surface area contributed by atoms with Crippen molar-refractivity contribution in [3.8, 4) is 0 Å². The van der Waals surface area contributed by atoms with Crippen LogP contribution in [0.5, 0.6) is 0 Å². The van der Waals surface area contributed by atoms with Crippen molar-refractivity contribution in [3.05, 3.63) is 15.6 Å². The highest BCUT2D eigenvalue weighted by atomic mass is 32.1. The summed E-state index contributed by atoms with van der Waals surface area (Å²) in [5, 5.41) is 5.03. The van der Waals surface area contributed by atoms with Crippen LogP contribution in [0.4, 0.5) is 0 Å². The molecule has 0 saturated carbocycles. The zero-order chi connectivity index (χ0) is 15.6. The molecule has 0 radical (unpaired) electrons. The third-order valence-electron chi connectivity index (χ3n) is 4.48. The minimum absolute atomic E-state index is 0.623. The van der Waals surface area contributed by atoms with Gasteiger partial charge in [0.05, 0.1) is 12.2 Å². The molecule has 1 N–H and O–H groups in total. The quantitative estimate of drug-likeness (QED) is 0.900. The molecule has 2 unspecified atom stereocenters. The van der Waals surface area contributed by atoms with Gasteiger partial charge in [-0.1, -0.05) is 27.7 Å². The Morgan fingerprint density at radius 3 is 2.52 bits per heavy atom. The zero-order valence-electron chi connectivity index (χ0n) is 14.4. The molecule has 0 amide bonds. The summed E-state index contributed by atoms with van der Waals surface area (Å²) in [7, 11) is 0. The first kappa shape index (κ1) is 16.9. The summed E-state index contributed by atoms with van der Waals surface area (Å²) in [5.74, 6) is 1.43. The maximum Gasteiger partial charge on any atom is 0.107 e. The molecule has 0 aromatic carbocycles. The third kappa shape index (κ3) is 4.51. The fourth-order valence-electron chi connectivity index (χ4n) is 3.25. The Hall–Kier alpha value is -0.450. The van der Waals surface area contributed by atoms with Gasteiger partial charge in [-0.3, -0.25) is 4.90 Å². The number of piperazine rings is 1. The molecule has 4 heteroatoms. The Bertz CT molecular complexity index is 433. The van der Waals surface area contributed by atoms with E-state index < -0.39 is 0 Å². The predicted molar refractivity (Wildman–Crippen MR) is 91.9 cm³/mol. The Balaban J connectivity index is 2.06. The second-order valence-corrected chi connectivity index (χ2v) is 8.51. The van der Waals surface area contributed by atoms with Crippen molar-refractivity contribution in [2.45, 2.75) is 66.6 Å². The predicted octanol–water partition coefficient (Wildman–Crippen LogP) is 3.60. The summed E-state index contributed by atoms with van der Waals surface area (Å²) in [6.07, 6.45) is 1.26. The van der Waals surface area contributed by atoms with Crippen molar-refractivity contribution < 1.29 is 0 Å². The first-order chi connectivity index (χ1) is 9.86. The Labute approximate surface area is 134 Å². The molecule has 0 bridgehead atoms. The molecular formula is C17H31N3S. The van der Waals surface area contributed by atoms with E-state index in [1.165, 1.54) is 22.0 Å². The fraction of sp³-hybridized carbons (Fsp3) is 0.824. The molecular weight excluding hydrogens is 278 g/mol. The van der Waals surface area contributed by atoms with Crippen LogP contribution in [-0.4, -0.2) is 35.1 Å². The molecule has 2 heterocycles. The first-order valence-corrected chi connectivity index (χ1v) is 9.08. The molecule has 0 spiro atoms. The average molecular weight is 310 g/mol. The molecule has 0 aliphatic carbocycles. The van der Waals surface area contributed by atoms with Crippen molar-refractivity contribution in [2.24, 2.45) is 11.8 Å². The monoisotopic (exact) mass is 309 g/mol. The lowest BCUT2D eigenvalue weighted by Crippen LogP contribution is -2.58. The molecule has 1 fully saturated rings. The van der Waals surface area contributed by atoms with Crippen molar-refractivity contribution in [1.29, 1.82) is 0 Å². The van der Waals surface area contributed by atoms with E-state index in [0.717, 1.165) is 25.6 Å². The van der Waals surface area contributed by atoms with Gasteiger partial charge in [0.25, 0.3) is 0 Å². The summed E-state index contributed by atoms with van der Waals surface area (Å²) in [6, 6.07) is 1.25. The van der Waals surface area contributed by atoms with Gasteiger partial charge in [0, 0.05) is 30.1 Å². The normalized spacial score (nSPS) is 24.2. The van der Waals surface area contributed by atoms with Crippen molar-refractivity contribution in [3.63, 3.8) is 0 Å². The molecule has 1 aliphatic heterocycles. The highest BCUT2D eigenvalue weighted by Gasteiger charge is 2.30. The highest BCUT2D eigenvalue weighted by molar-refractivity contribution is 7.11. The molecule has 120 valence electrons. The van der Waals surface area contributed by atoms with Crippen LogP contribution >= 0.6 is 11.3 Å². The van der Waals surface area contributed by atoms with E-state index in [9.17, 15) is 0 Å². The molecule has 2 atom stereocenters. The number of aryl methyl sites for hydroxylation is 2. The van der Waals surface area contributed by atoms with Crippen LogP contribution in [0.3, 0.4) is 0 Å². The van der Waals surface area contributed by atoms with Gasteiger partial charge in [-0.05, 0) is 32.1 Å². The minimum atomic E-state index is 0.623. The molecule has 3 nitrogen and oxygen atoms in total. The highest BCUT2D eigenvalue weighted by Crippen LogP contribution is 2.23. The Kier molecular flexibility index (Phi) is 5.81. The van der Waals surface area contributed by atoms with Gasteiger partial charge in [-0.25, -0.2) is 4.98 Å².